The maximum Gasteiger partial charge on any atom is 0.291 e. The van der Waals surface area contributed by atoms with Crippen molar-refractivity contribution in [2.45, 2.75) is 25.8 Å². The molecule has 1 aromatic heterocycles. The highest BCUT2D eigenvalue weighted by atomic mass is 16.5. The lowest BCUT2D eigenvalue weighted by molar-refractivity contribution is 0.0735. The van der Waals surface area contributed by atoms with Crippen molar-refractivity contribution in [3.05, 3.63) is 83.8 Å². The van der Waals surface area contributed by atoms with Crippen molar-refractivity contribution in [1.82, 2.24) is 4.90 Å². The van der Waals surface area contributed by atoms with Gasteiger partial charge >= 0.3 is 0 Å². The second-order valence-electron chi connectivity index (χ2n) is 7.17. The molecule has 1 atom stereocenters. The van der Waals surface area contributed by atoms with Crippen molar-refractivity contribution in [2.24, 2.45) is 0 Å². The summed E-state index contributed by atoms with van der Waals surface area (Å²) < 4.78 is 10.6. The molecular weight excluding hydrogens is 380 g/mol. The number of anilines is 1. The number of likely N-dealkylation sites (tertiary alicyclic amines) is 1. The first-order valence-electron chi connectivity index (χ1n) is 10.1. The zero-order chi connectivity index (χ0) is 20.9. The molecule has 6 heteroatoms. The fourth-order valence-electron chi connectivity index (χ4n) is 3.77. The number of hydrogen-bond donors (Lipinski definition) is 1. The minimum atomic E-state index is -0.325. The van der Waals surface area contributed by atoms with Crippen molar-refractivity contribution in [1.29, 1.82) is 0 Å². The second kappa shape index (κ2) is 8.86. The molecule has 1 aliphatic rings. The molecule has 0 aliphatic carbocycles. The molecule has 2 aromatic carbocycles. The van der Waals surface area contributed by atoms with Crippen molar-refractivity contribution >= 4 is 17.5 Å². The van der Waals surface area contributed by atoms with Crippen LogP contribution in [0.4, 0.5) is 5.69 Å². The number of amides is 2. The largest absolute Gasteiger partial charge is 0.494 e. The predicted molar refractivity (Wildman–Crippen MR) is 114 cm³/mol. The number of rotatable bonds is 6. The summed E-state index contributed by atoms with van der Waals surface area (Å²) in [5.41, 5.74) is 2.33. The number of furan rings is 1. The van der Waals surface area contributed by atoms with Crippen molar-refractivity contribution < 1.29 is 18.7 Å². The maximum atomic E-state index is 13.1. The minimum Gasteiger partial charge on any atom is -0.494 e. The number of ether oxygens (including phenoxy) is 1. The summed E-state index contributed by atoms with van der Waals surface area (Å²) in [4.78, 5) is 27.1. The van der Waals surface area contributed by atoms with E-state index in [4.69, 9.17) is 9.15 Å². The van der Waals surface area contributed by atoms with Gasteiger partial charge in [0.05, 0.1) is 18.9 Å². The average Bonchev–Trinajstić information content (AvgIpc) is 3.47. The molecule has 1 N–H and O–H groups in total. The van der Waals surface area contributed by atoms with E-state index in [1.807, 2.05) is 36.1 Å². The number of nitrogens with one attached hydrogen (secondary N) is 1. The van der Waals surface area contributed by atoms with E-state index < -0.39 is 0 Å². The Morgan fingerprint density at radius 3 is 2.53 bits per heavy atom. The van der Waals surface area contributed by atoms with E-state index in [0.717, 1.165) is 30.7 Å². The van der Waals surface area contributed by atoms with Gasteiger partial charge in [-0.25, -0.2) is 0 Å². The third kappa shape index (κ3) is 4.22. The molecule has 4 rings (SSSR count). The van der Waals surface area contributed by atoms with Crippen LogP contribution in [0.15, 0.2) is 71.3 Å². The van der Waals surface area contributed by atoms with Crippen molar-refractivity contribution in [2.75, 3.05) is 18.5 Å². The molecule has 1 saturated heterocycles. The number of carbonyl (C=O) groups excluding carboxylic acids is 2. The molecular formula is C24H24N2O4. The first-order chi connectivity index (χ1) is 14.7. The molecule has 0 unspecified atom stereocenters. The molecule has 0 spiro atoms. The predicted octanol–water partition coefficient (Wildman–Crippen LogP) is 4.91. The highest BCUT2D eigenvalue weighted by Crippen LogP contribution is 2.34. The van der Waals surface area contributed by atoms with Crippen LogP contribution in [0.2, 0.25) is 0 Å². The van der Waals surface area contributed by atoms with Crippen LogP contribution < -0.4 is 10.1 Å². The molecule has 0 bridgehead atoms. The highest BCUT2D eigenvalue weighted by molar-refractivity contribution is 6.02. The van der Waals surface area contributed by atoms with E-state index in [-0.39, 0.29) is 23.6 Å². The molecule has 1 fully saturated rings. The van der Waals surface area contributed by atoms with E-state index in [2.05, 4.69) is 5.32 Å². The van der Waals surface area contributed by atoms with E-state index in [1.165, 1.54) is 6.26 Å². The third-order valence-corrected chi connectivity index (χ3v) is 5.22. The van der Waals surface area contributed by atoms with Crippen molar-refractivity contribution in [3.63, 3.8) is 0 Å². The molecule has 1 aliphatic heterocycles. The summed E-state index contributed by atoms with van der Waals surface area (Å²) in [5, 5.41) is 2.76. The van der Waals surface area contributed by atoms with Gasteiger partial charge in [0.25, 0.3) is 11.8 Å². The van der Waals surface area contributed by atoms with Gasteiger partial charge in [0, 0.05) is 17.8 Å². The van der Waals surface area contributed by atoms with Crippen LogP contribution in [0.3, 0.4) is 0 Å². The first-order valence-corrected chi connectivity index (χ1v) is 10.1. The Morgan fingerprint density at radius 1 is 1.10 bits per heavy atom. The summed E-state index contributed by atoms with van der Waals surface area (Å²) in [6.07, 6.45) is 3.37. The van der Waals surface area contributed by atoms with E-state index >= 15 is 0 Å². The van der Waals surface area contributed by atoms with Crippen LogP contribution in [-0.2, 0) is 0 Å². The fourth-order valence-corrected chi connectivity index (χ4v) is 3.77. The third-order valence-electron chi connectivity index (χ3n) is 5.22. The quantitative estimate of drug-likeness (QED) is 0.634. The lowest BCUT2D eigenvalue weighted by Gasteiger charge is -2.25. The summed E-state index contributed by atoms with van der Waals surface area (Å²) in [5.74, 6) is 0.749. The summed E-state index contributed by atoms with van der Waals surface area (Å²) >= 11 is 0. The van der Waals surface area contributed by atoms with Crippen LogP contribution in [0.1, 0.15) is 52.3 Å². The Kier molecular flexibility index (Phi) is 5.84. The molecule has 2 amide bonds. The molecule has 0 radical (unpaired) electrons. The lowest BCUT2D eigenvalue weighted by atomic mass is 10.0. The summed E-state index contributed by atoms with van der Waals surface area (Å²) in [6.45, 7) is 3.32. The standard InChI is InChI=1S/C24H24N2O4/c1-2-29-20-13-9-17(10-14-20)21-5-3-15-26(21)24(28)18-7-11-19(12-8-18)25-23(27)22-6-4-16-30-22/h4,6-14,16,21H,2-3,5,15H2,1H3,(H,25,27)/t21-/m0/s1. The minimum absolute atomic E-state index is 0.00436. The van der Waals surface area contributed by atoms with Crippen LogP contribution in [0, 0.1) is 0 Å². The van der Waals surface area contributed by atoms with Gasteiger partial charge in [0.15, 0.2) is 5.76 Å². The molecule has 154 valence electrons. The smallest absolute Gasteiger partial charge is 0.291 e. The first kappa shape index (κ1) is 19.8. The lowest BCUT2D eigenvalue weighted by Crippen LogP contribution is -2.30. The van der Waals surface area contributed by atoms with Gasteiger partial charge < -0.3 is 19.4 Å². The van der Waals surface area contributed by atoms with E-state index in [1.54, 1.807) is 36.4 Å². The monoisotopic (exact) mass is 404 g/mol. The van der Waals surface area contributed by atoms with Crippen LogP contribution >= 0.6 is 0 Å². The molecule has 2 heterocycles. The van der Waals surface area contributed by atoms with Crippen LogP contribution in [0.25, 0.3) is 0 Å². The van der Waals surface area contributed by atoms with Gasteiger partial charge in [-0.15, -0.1) is 0 Å². The number of carbonyl (C=O) groups is 2. The number of nitrogens with zero attached hydrogens (tertiary/aromatic N) is 1. The zero-order valence-electron chi connectivity index (χ0n) is 16.8. The Balaban J connectivity index is 1.44. The summed E-state index contributed by atoms with van der Waals surface area (Å²) in [6, 6.07) is 18.3. The van der Waals surface area contributed by atoms with Crippen LogP contribution in [-0.4, -0.2) is 29.9 Å². The second-order valence-corrected chi connectivity index (χ2v) is 7.17. The van der Waals surface area contributed by atoms with E-state index in [0.29, 0.717) is 17.9 Å². The Hall–Kier alpha value is -3.54. The SMILES string of the molecule is CCOc1ccc([C@@H]2CCCN2C(=O)c2ccc(NC(=O)c3ccco3)cc2)cc1. The van der Waals surface area contributed by atoms with Crippen molar-refractivity contribution in [3.8, 4) is 5.75 Å². The Labute approximate surface area is 175 Å². The fraction of sp³-hybridized carbons (Fsp3) is 0.250. The van der Waals surface area contributed by atoms with Gasteiger partial charge in [0.1, 0.15) is 5.75 Å². The Morgan fingerprint density at radius 2 is 1.87 bits per heavy atom. The van der Waals surface area contributed by atoms with Gasteiger partial charge in [-0.2, -0.15) is 0 Å². The number of benzene rings is 2. The summed E-state index contributed by atoms with van der Waals surface area (Å²) in [7, 11) is 0. The Bertz CT molecular complexity index is 995. The number of hydrogen-bond acceptors (Lipinski definition) is 4. The molecule has 3 aromatic rings. The van der Waals surface area contributed by atoms with Gasteiger partial charge in [-0.1, -0.05) is 12.1 Å². The topological polar surface area (TPSA) is 71.8 Å². The average molecular weight is 404 g/mol. The van der Waals surface area contributed by atoms with E-state index in [9.17, 15) is 9.59 Å². The molecule has 0 saturated carbocycles. The van der Waals surface area contributed by atoms with Crippen LogP contribution in [0.5, 0.6) is 5.75 Å². The maximum absolute atomic E-state index is 13.1. The van der Waals surface area contributed by atoms with Gasteiger partial charge in [-0.3, -0.25) is 9.59 Å². The van der Waals surface area contributed by atoms with Gasteiger partial charge in [0.2, 0.25) is 0 Å². The van der Waals surface area contributed by atoms with Gasteiger partial charge in [-0.05, 0) is 73.9 Å². The highest BCUT2D eigenvalue weighted by Gasteiger charge is 2.30. The zero-order valence-corrected chi connectivity index (χ0v) is 16.8. The molecule has 30 heavy (non-hydrogen) atoms. The molecule has 6 nitrogen and oxygen atoms in total. The normalized spacial score (nSPS) is 15.8.